The number of nitro benzene ring substituents is 1. The Hall–Kier alpha value is -4.07. The Labute approximate surface area is 268 Å². The second-order valence-electron chi connectivity index (χ2n) is 11.0. The van der Waals surface area contributed by atoms with Crippen LogP contribution in [0.3, 0.4) is 0 Å². The van der Waals surface area contributed by atoms with Crippen LogP contribution in [0.1, 0.15) is 18.4 Å². The number of nitro groups is 1. The molecule has 0 saturated carbocycles. The maximum Gasteiger partial charge on any atom is 0.316 e. The van der Waals surface area contributed by atoms with E-state index in [1.54, 1.807) is 4.90 Å². The fourth-order valence-electron chi connectivity index (χ4n) is 5.41. The number of hydrogen-bond acceptors (Lipinski definition) is 10. The van der Waals surface area contributed by atoms with Crippen LogP contribution in [0.4, 0.5) is 24.5 Å². The third-order valence-electron chi connectivity index (χ3n) is 7.80. The summed E-state index contributed by atoms with van der Waals surface area (Å²) < 4.78 is 101. The first kappa shape index (κ1) is 34.3. The van der Waals surface area contributed by atoms with Crippen molar-refractivity contribution in [2.45, 2.75) is 24.7 Å². The average molecular weight is 701 g/mol. The summed E-state index contributed by atoms with van der Waals surface area (Å²) >= 11 is 0. The monoisotopic (exact) mass is 700 g/mol. The maximum absolute atomic E-state index is 14.0. The quantitative estimate of drug-likeness (QED) is 0.202. The molecule has 0 N–H and O–H groups in total. The third-order valence-corrected chi connectivity index (χ3v) is 11.6. The third kappa shape index (κ3) is 7.91. The lowest BCUT2D eigenvalue weighted by Crippen LogP contribution is -2.49. The molecule has 1 aromatic heterocycles. The number of halogens is 3. The number of rotatable bonds is 12. The van der Waals surface area contributed by atoms with E-state index in [9.17, 15) is 44.9 Å². The minimum atomic E-state index is -3.82. The number of sulfonamides is 2. The molecule has 0 unspecified atom stereocenters. The smallest absolute Gasteiger partial charge is 0.316 e. The molecule has 0 spiro atoms. The molecule has 0 bridgehead atoms. The van der Waals surface area contributed by atoms with Gasteiger partial charge in [0.25, 0.3) is 5.69 Å². The van der Waals surface area contributed by atoms with Crippen LogP contribution in [0.15, 0.2) is 53.5 Å². The second kappa shape index (κ2) is 14.0. The van der Waals surface area contributed by atoms with Gasteiger partial charge in [0.05, 0.1) is 41.5 Å². The van der Waals surface area contributed by atoms with Gasteiger partial charge in [-0.25, -0.2) is 25.6 Å². The highest BCUT2D eigenvalue weighted by Crippen LogP contribution is 2.30. The number of nitrogens with zero attached hydrogens (tertiary/aromatic N) is 6. The molecule has 2 saturated heterocycles. The van der Waals surface area contributed by atoms with Crippen molar-refractivity contribution in [3.05, 3.63) is 86.3 Å². The Bertz CT molecular complexity index is 1880. The highest BCUT2D eigenvalue weighted by Gasteiger charge is 2.35. The van der Waals surface area contributed by atoms with E-state index in [-0.39, 0.29) is 86.4 Å². The molecule has 2 aromatic carbocycles. The normalized spacial score (nSPS) is 18.0. The van der Waals surface area contributed by atoms with Crippen molar-refractivity contribution < 1.29 is 39.7 Å². The van der Waals surface area contributed by atoms with E-state index in [1.165, 1.54) is 34.8 Å². The van der Waals surface area contributed by atoms with Gasteiger partial charge in [0.1, 0.15) is 23.4 Å². The van der Waals surface area contributed by atoms with Gasteiger partial charge >= 0.3 is 5.56 Å². The van der Waals surface area contributed by atoms with Gasteiger partial charge in [-0.05, 0) is 30.5 Å². The summed E-state index contributed by atoms with van der Waals surface area (Å²) in [7, 11) is -7.59. The highest BCUT2D eigenvalue weighted by molar-refractivity contribution is 7.89. The van der Waals surface area contributed by atoms with Gasteiger partial charge in [0, 0.05) is 50.9 Å². The van der Waals surface area contributed by atoms with Crippen molar-refractivity contribution in [1.82, 2.24) is 18.4 Å². The number of alkyl halides is 1. The van der Waals surface area contributed by atoms with Gasteiger partial charge < -0.3 is 9.64 Å². The Kier molecular flexibility index (Phi) is 10.2. The molecule has 19 heteroatoms. The molecule has 3 heterocycles. The molecule has 5 rings (SSSR count). The molecule has 2 aliphatic rings. The molecule has 0 radical (unpaired) electrons. The van der Waals surface area contributed by atoms with Crippen LogP contribution in [0.5, 0.6) is 5.75 Å². The highest BCUT2D eigenvalue weighted by atomic mass is 32.2. The van der Waals surface area contributed by atoms with Crippen molar-refractivity contribution >= 4 is 31.4 Å². The molecule has 2 aliphatic heterocycles. The van der Waals surface area contributed by atoms with Crippen LogP contribution >= 0.6 is 0 Å². The number of piperazine rings is 1. The minimum Gasteiger partial charge on any atom is -0.481 e. The van der Waals surface area contributed by atoms with Crippen LogP contribution in [0.2, 0.25) is 0 Å². The molecule has 3 aromatic rings. The summed E-state index contributed by atoms with van der Waals surface area (Å²) in [4.78, 5) is 25.7. The van der Waals surface area contributed by atoms with Crippen molar-refractivity contribution in [1.29, 1.82) is 0 Å². The zero-order chi connectivity index (χ0) is 33.9. The van der Waals surface area contributed by atoms with E-state index in [0.717, 1.165) is 21.1 Å². The van der Waals surface area contributed by atoms with E-state index < -0.39 is 54.9 Å². The van der Waals surface area contributed by atoms with E-state index in [4.69, 9.17) is 4.74 Å². The second-order valence-corrected chi connectivity index (χ2v) is 15.1. The van der Waals surface area contributed by atoms with Gasteiger partial charge in [-0.3, -0.25) is 19.3 Å². The topological polar surface area (TPSA) is 165 Å². The first-order valence-corrected chi connectivity index (χ1v) is 17.7. The van der Waals surface area contributed by atoms with Crippen molar-refractivity contribution in [2.75, 3.05) is 56.6 Å². The van der Waals surface area contributed by atoms with Crippen molar-refractivity contribution in [2.24, 2.45) is 0 Å². The summed E-state index contributed by atoms with van der Waals surface area (Å²) in [5.41, 5.74) is -0.714. The zero-order valence-corrected chi connectivity index (χ0v) is 26.5. The molecular weight excluding hydrogens is 669 g/mol. The minimum absolute atomic E-state index is 0.0109. The molecule has 1 atom stereocenters. The predicted molar refractivity (Wildman–Crippen MR) is 164 cm³/mol. The Morgan fingerprint density at radius 3 is 2.21 bits per heavy atom. The fraction of sp³-hybridized carbons (Fsp3) is 0.429. The van der Waals surface area contributed by atoms with Gasteiger partial charge in [-0.1, -0.05) is 12.1 Å². The van der Waals surface area contributed by atoms with Gasteiger partial charge in [-0.2, -0.15) is 18.4 Å². The average Bonchev–Trinajstić information content (AvgIpc) is 3.50. The maximum atomic E-state index is 14.0. The molecule has 2 fully saturated rings. The summed E-state index contributed by atoms with van der Waals surface area (Å²) in [6, 6.07) is 7.64. The van der Waals surface area contributed by atoms with Crippen LogP contribution < -0.4 is 15.2 Å². The molecule has 254 valence electrons. The van der Waals surface area contributed by atoms with Crippen LogP contribution in [0.25, 0.3) is 5.69 Å². The van der Waals surface area contributed by atoms with E-state index >= 15 is 0 Å². The number of non-ortho nitro benzene ring substituents is 1. The fourth-order valence-corrected chi connectivity index (χ4v) is 8.44. The van der Waals surface area contributed by atoms with Gasteiger partial charge in [0.2, 0.25) is 25.8 Å². The largest absolute Gasteiger partial charge is 0.481 e. The first-order valence-electron chi connectivity index (χ1n) is 14.5. The molecule has 0 aliphatic carbocycles. The van der Waals surface area contributed by atoms with E-state index in [2.05, 4.69) is 5.10 Å². The Morgan fingerprint density at radius 1 is 0.936 bits per heavy atom. The van der Waals surface area contributed by atoms with Crippen LogP contribution in [-0.2, 0) is 25.8 Å². The van der Waals surface area contributed by atoms with Crippen LogP contribution in [-0.4, -0.2) is 97.9 Å². The van der Waals surface area contributed by atoms with Crippen molar-refractivity contribution in [3.63, 3.8) is 0 Å². The number of aromatic nitrogens is 2. The lowest BCUT2D eigenvalue weighted by Gasteiger charge is -2.36. The van der Waals surface area contributed by atoms with E-state index in [1.807, 2.05) is 0 Å². The summed E-state index contributed by atoms with van der Waals surface area (Å²) in [5.74, 6) is -2.92. The molecule has 14 nitrogen and oxygen atoms in total. The Balaban J connectivity index is 1.38. The van der Waals surface area contributed by atoms with Crippen molar-refractivity contribution in [3.8, 4) is 11.4 Å². The lowest BCUT2D eigenvalue weighted by atomic mass is 10.2. The van der Waals surface area contributed by atoms with Gasteiger partial charge in [0.15, 0.2) is 0 Å². The summed E-state index contributed by atoms with van der Waals surface area (Å²) in [6.07, 6.45) is 0.513. The lowest BCUT2D eigenvalue weighted by molar-refractivity contribution is -0.384. The standard InChI is InChI=1S/C28H31F3N6O8S2/c29-7-1-13-46(41,42)35-8-6-25(18-35)45-27-26(17-32-36(28(27)38)24-15-21(30)14-22(31)16-24)33-9-11-34(12-10-33)47(43,44)19-20-2-4-23(5-3-20)37(39)40/h2-5,14-17,25H,1,6-13,18-19H2/t25-/m1/s1. The number of ether oxygens (including phenoxy) is 1. The molecular formula is C28H31F3N6O8S2. The summed E-state index contributed by atoms with van der Waals surface area (Å²) in [6.45, 7) is -0.603. The van der Waals surface area contributed by atoms with E-state index in [0.29, 0.717) is 11.6 Å². The first-order chi connectivity index (χ1) is 22.3. The zero-order valence-electron chi connectivity index (χ0n) is 24.9. The number of benzene rings is 2. The predicted octanol–water partition coefficient (Wildman–Crippen LogP) is 2.21. The Morgan fingerprint density at radius 2 is 1.60 bits per heavy atom. The summed E-state index contributed by atoms with van der Waals surface area (Å²) in [5, 5.41) is 15.0. The molecule has 0 amide bonds. The number of hydrogen-bond donors (Lipinski definition) is 0. The van der Waals surface area contributed by atoms with Gasteiger partial charge in [-0.15, -0.1) is 0 Å². The van der Waals surface area contributed by atoms with Crippen LogP contribution in [0, 0.1) is 21.7 Å². The SMILES string of the molecule is O=c1c(O[C@@H]2CCN(S(=O)(=O)CCCF)C2)c(N2CCN(S(=O)(=O)Cc3ccc([N+](=O)[O-])cc3)CC2)cnn1-c1cc(F)cc(F)c1. The molecule has 47 heavy (non-hydrogen) atoms. The number of anilines is 1.